The van der Waals surface area contributed by atoms with Crippen LogP contribution in [0.5, 0.6) is 0 Å². The molecule has 0 spiro atoms. The molecule has 21 heavy (non-hydrogen) atoms. The van der Waals surface area contributed by atoms with Crippen molar-refractivity contribution in [3.8, 4) is 0 Å². The lowest BCUT2D eigenvalue weighted by atomic mass is 10.1. The molecular weight excluding hydrogens is 339 g/mol. The van der Waals surface area contributed by atoms with Crippen LogP contribution in [0.25, 0.3) is 0 Å². The molecular formula is C13H11Cl3N2O3. The Morgan fingerprint density at radius 2 is 1.76 bits per heavy atom. The first-order valence-electron chi connectivity index (χ1n) is 6.00. The molecule has 2 unspecified atom stereocenters. The molecule has 0 fully saturated rings. The minimum atomic E-state index is -0.917. The van der Waals surface area contributed by atoms with Crippen molar-refractivity contribution in [2.75, 3.05) is 5.32 Å². The Morgan fingerprint density at radius 1 is 1.14 bits per heavy atom. The molecule has 5 nitrogen and oxygen atoms in total. The van der Waals surface area contributed by atoms with Gasteiger partial charge in [0.15, 0.2) is 0 Å². The van der Waals surface area contributed by atoms with Crippen molar-refractivity contribution in [1.82, 2.24) is 5.32 Å². The number of amides is 2. The van der Waals surface area contributed by atoms with Crippen LogP contribution in [0.1, 0.15) is 6.42 Å². The second kappa shape index (κ2) is 6.56. The molecule has 0 saturated heterocycles. The van der Waals surface area contributed by atoms with E-state index in [-0.39, 0.29) is 21.8 Å². The van der Waals surface area contributed by atoms with Gasteiger partial charge in [0, 0.05) is 5.02 Å². The number of carbonyl (C=O) groups is 2. The van der Waals surface area contributed by atoms with E-state index in [1.165, 1.54) is 12.1 Å². The maximum Gasteiger partial charge on any atom is 0.319 e. The van der Waals surface area contributed by atoms with Gasteiger partial charge in [0.2, 0.25) is 0 Å². The van der Waals surface area contributed by atoms with Crippen LogP contribution in [0.4, 0.5) is 10.5 Å². The first-order chi connectivity index (χ1) is 9.86. The zero-order chi connectivity index (χ0) is 15.6. The smallest absolute Gasteiger partial charge is 0.319 e. The molecule has 0 heterocycles. The van der Waals surface area contributed by atoms with Crippen molar-refractivity contribution in [1.29, 1.82) is 0 Å². The average Bonchev–Trinajstić information content (AvgIpc) is 2.82. The third kappa shape index (κ3) is 4.03. The summed E-state index contributed by atoms with van der Waals surface area (Å²) in [5.74, 6) is -1.50. The molecule has 1 aromatic rings. The first-order valence-corrected chi connectivity index (χ1v) is 7.13. The van der Waals surface area contributed by atoms with Gasteiger partial charge in [-0.2, -0.15) is 0 Å². The molecule has 1 aliphatic rings. The van der Waals surface area contributed by atoms with Crippen molar-refractivity contribution in [3.63, 3.8) is 0 Å². The topological polar surface area (TPSA) is 78.4 Å². The summed E-state index contributed by atoms with van der Waals surface area (Å²) in [6, 6.07) is 2.04. The fourth-order valence-corrected chi connectivity index (χ4v) is 2.88. The molecule has 1 aliphatic carbocycles. The van der Waals surface area contributed by atoms with E-state index in [0.29, 0.717) is 11.4 Å². The summed E-state index contributed by atoms with van der Waals surface area (Å²) in [5, 5.41) is 14.8. The Hall–Kier alpha value is -1.43. The molecule has 0 saturated carbocycles. The van der Waals surface area contributed by atoms with Gasteiger partial charge in [-0.1, -0.05) is 47.0 Å². The predicted molar refractivity (Wildman–Crippen MR) is 82.3 cm³/mol. The minimum absolute atomic E-state index is 0.216. The molecule has 2 atom stereocenters. The van der Waals surface area contributed by atoms with Gasteiger partial charge in [0.1, 0.15) is 0 Å². The Morgan fingerprint density at radius 3 is 2.29 bits per heavy atom. The molecule has 8 heteroatoms. The summed E-state index contributed by atoms with van der Waals surface area (Å²) in [4.78, 5) is 22.7. The van der Waals surface area contributed by atoms with E-state index in [4.69, 9.17) is 39.9 Å². The van der Waals surface area contributed by atoms with Gasteiger partial charge in [0.05, 0.1) is 27.7 Å². The molecule has 3 N–H and O–H groups in total. The van der Waals surface area contributed by atoms with Crippen molar-refractivity contribution >= 4 is 52.5 Å². The zero-order valence-electron chi connectivity index (χ0n) is 10.6. The average molecular weight is 350 g/mol. The number of rotatable bonds is 3. The van der Waals surface area contributed by atoms with Gasteiger partial charge in [-0.3, -0.25) is 4.79 Å². The number of aliphatic carboxylic acids is 1. The summed E-state index contributed by atoms with van der Waals surface area (Å²) >= 11 is 17.7. The monoisotopic (exact) mass is 348 g/mol. The van der Waals surface area contributed by atoms with E-state index in [2.05, 4.69) is 10.6 Å². The van der Waals surface area contributed by atoms with Crippen LogP contribution >= 0.6 is 34.8 Å². The molecule has 2 amide bonds. The molecule has 112 valence electrons. The fraction of sp³-hybridized carbons (Fsp3) is 0.231. The van der Waals surface area contributed by atoms with Gasteiger partial charge < -0.3 is 15.7 Å². The number of urea groups is 1. The highest BCUT2D eigenvalue weighted by molar-refractivity contribution is 6.42. The van der Waals surface area contributed by atoms with Gasteiger partial charge in [-0.25, -0.2) is 4.79 Å². The summed E-state index contributed by atoms with van der Waals surface area (Å²) in [6.45, 7) is 0. The standard InChI is InChI=1S/C13H11Cl3N2O3/c14-7-4-9(15)11(10(16)5-7)18-13(21)17-8-2-1-6(3-8)12(19)20/h1-2,4-6,8H,3H2,(H,19,20)(H2,17,18,21). The lowest BCUT2D eigenvalue weighted by Gasteiger charge is -2.14. The normalized spacial score (nSPS) is 20.3. The molecule has 2 rings (SSSR count). The van der Waals surface area contributed by atoms with E-state index in [1.807, 2.05) is 0 Å². The lowest BCUT2D eigenvalue weighted by molar-refractivity contribution is -0.140. The highest BCUT2D eigenvalue weighted by Crippen LogP contribution is 2.33. The summed E-state index contributed by atoms with van der Waals surface area (Å²) in [5.41, 5.74) is 0.247. The van der Waals surface area contributed by atoms with Gasteiger partial charge in [-0.05, 0) is 18.6 Å². The van der Waals surface area contributed by atoms with Crippen LogP contribution in [0, 0.1) is 5.92 Å². The summed E-state index contributed by atoms with van der Waals surface area (Å²) in [7, 11) is 0. The SMILES string of the molecule is O=C(Nc1c(Cl)cc(Cl)cc1Cl)NC1C=CC(C(=O)O)C1. The second-order valence-electron chi connectivity index (χ2n) is 4.51. The van der Waals surface area contributed by atoms with E-state index >= 15 is 0 Å². The number of halogens is 3. The van der Waals surface area contributed by atoms with Crippen molar-refractivity contribution in [3.05, 3.63) is 39.4 Å². The minimum Gasteiger partial charge on any atom is -0.481 e. The number of carboxylic acid groups (broad SMARTS) is 1. The van der Waals surface area contributed by atoms with Crippen molar-refractivity contribution in [2.24, 2.45) is 5.92 Å². The third-order valence-corrected chi connectivity index (χ3v) is 3.78. The Balaban J connectivity index is 1.98. The van der Waals surface area contributed by atoms with Gasteiger partial charge in [0.25, 0.3) is 0 Å². The second-order valence-corrected chi connectivity index (χ2v) is 5.77. The summed E-state index contributed by atoms with van der Waals surface area (Å²) in [6.07, 6.45) is 3.50. The predicted octanol–water partition coefficient (Wildman–Crippen LogP) is 3.80. The van der Waals surface area contributed by atoms with Crippen LogP contribution in [0.15, 0.2) is 24.3 Å². The number of anilines is 1. The zero-order valence-corrected chi connectivity index (χ0v) is 12.8. The number of hydrogen-bond donors (Lipinski definition) is 3. The van der Waals surface area contributed by atoms with Crippen LogP contribution in [-0.2, 0) is 4.79 Å². The van der Waals surface area contributed by atoms with Crippen LogP contribution in [0.2, 0.25) is 15.1 Å². The number of benzene rings is 1. The van der Waals surface area contributed by atoms with Gasteiger partial charge >= 0.3 is 12.0 Å². The Bertz CT molecular complexity index is 596. The maximum atomic E-state index is 11.9. The maximum absolute atomic E-state index is 11.9. The van der Waals surface area contributed by atoms with E-state index in [0.717, 1.165) is 0 Å². The lowest BCUT2D eigenvalue weighted by Crippen LogP contribution is -2.36. The third-order valence-electron chi connectivity index (χ3n) is 2.96. The van der Waals surface area contributed by atoms with E-state index in [1.54, 1.807) is 12.2 Å². The molecule has 0 bridgehead atoms. The van der Waals surface area contributed by atoms with Crippen molar-refractivity contribution in [2.45, 2.75) is 12.5 Å². The first kappa shape index (κ1) is 15.9. The number of carbonyl (C=O) groups excluding carboxylic acids is 1. The highest BCUT2D eigenvalue weighted by atomic mass is 35.5. The molecule has 0 radical (unpaired) electrons. The quantitative estimate of drug-likeness (QED) is 0.726. The van der Waals surface area contributed by atoms with Crippen LogP contribution < -0.4 is 10.6 Å². The molecule has 1 aromatic carbocycles. The Kier molecular flexibility index (Phi) is 4.98. The van der Waals surface area contributed by atoms with Gasteiger partial charge in [-0.15, -0.1) is 0 Å². The summed E-state index contributed by atoms with van der Waals surface area (Å²) < 4.78 is 0. The molecule has 0 aliphatic heterocycles. The number of nitrogens with one attached hydrogen (secondary N) is 2. The van der Waals surface area contributed by atoms with Crippen molar-refractivity contribution < 1.29 is 14.7 Å². The Labute approximate surface area is 135 Å². The largest absolute Gasteiger partial charge is 0.481 e. The van der Waals surface area contributed by atoms with Crippen LogP contribution in [0.3, 0.4) is 0 Å². The molecule has 0 aromatic heterocycles. The number of carboxylic acids is 1. The fourth-order valence-electron chi connectivity index (χ4n) is 1.97. The van der Waals surface area contributed by atoms with E-state index < -0.39 is 17.9 Å². The number of hydrogen-bond acceptors (Lipinski definition) is 2. The van der Waals surface area contributed by atoms with Crippen LogP contribution in [-0.4, -0.2) is 23.1 Å². The highest BCUT2D eigenvalue weighted by Gasteiger charge is 2.25. The van der Waals surface area contributed by atoms with E-state index in [9.17, 15) is 9.59 Å².